The van der Waals surface area contributed by atoms with Crippen LogP contribution < -0.4 is 0 Å². The zero-order chi connectivity index (χ0) is 16.6. The molecule has 8 heteroatoms. The molecule has 118 valence electrons. The van der Waals surface area contributed by atoms with Crippen molar-refractivity contribution >= 4 is 23.9 Å². The number of allylic oxidation sites excluding steroid dienone is 2. The molecule has 0 radical (unpaired) electrons. The normalized spacial score (nSPS) is 30.5. The maximum Gasteiger partial charge on any atom is 0.332 e. The van der Waals surface area contributed by atoms with Gasteiger partial charge in [-0.3, -0.25) is 14.4 Å². The topological polar surface area (TPSA) is 149 Å². The van der Waals surface area contributed by atoms with E-state index >= 15 is 0 Å². The highest BCUT2D eigenvalue weighted by Gasteiger charge is 2.49. The van der Waals surface area contributed by atoms with Gasteiger partial charge in [0, 0.05) is 0 Å². The smallest absolute Gasteiger partial charge is 0.332 e. The summed E-state index contributed by atoms with van der Waals surface area (Å²) in [4.78, 5) is 45.2. The first-order valence-electron chi connectivity index (χ1n) is 6.59. The predicted octanol–water partition coefficient (Wildman–Crippen LogP) is 0.450. The molecular formula is C14H14O8. The third-order valence-electron chi connectivity index (χ3n) is 4.27. The molecule has 0 aromatic heterocycles. The van der Waals surface area contributed by atoms with Crippen molar-refractivity contribution in [3.63, 3.8) is 0 Å². The first-order chi connectivity index (χ1) is 10.3. The van der Waals surface area contributed by atoms with Crippen LogP contribution in [-0.2, 0) is 19.2 Å². The lowest BCUT2D eigenvalue weighted by Crippen LogP contribution is -2.43. The van der Waals surface area contributed by atoms with Crippen molar-refractivity contribution in [1.29, 1.82) is 0 Å². The molecule has 4 N–H and O–H groups in total. The Balaban J connectivity index is 2.52. The molecule has 0 aliphatic heterocycles. The molecule has 0 aromatic carbocycles. The third kappa shape index (κ3) is 2.47. The van der Waals surface area contributed by atoms with E-state index in [2.05, 4.69) is 0 Å². The van der Waals surface area contributed by atoms with Crippen molar-refractivity contribution in [2.45, 2.75) is 12.8 Å². The molecule has 1 fully saturated rings. The molecule has 4 atom stereocenters. The Morgan fingerprint density at radius 2 is 1.41 bits per heavy atom. The molecule has 2 aliphatic carbocycles. The Morgan fingerprint density at radius 3 is 1.86 bits per heavy atom. The van der Waals surface area contributed by atoms with E-state index in [1.165, 1.54) is 6.08 Å². The quantitative estimate of drug-likeness (QED) is 0.584. The van der Waals surface area contributed by atoms with Crippen LogP contribution >= 0.6 is 0 Å². The lowest BCUT2D eigenvalue weighted by molar-refractivity contribution is -0.155. The number of rotatable bonds is 4. The number of fused-ring (bicyclic) bond motifs is 1. The molecule has 22 heavy (non-hydrogen) atoms. The number of hydrogen-bond acceptors (Lipinski definition) is 4. The van der Waals surface area contributed by atoms with Gasteiger partial charge in [-0.25, -0.2) is 4.79 Å². The van der Waals surface area contributed by atoms with Gasteiger partial charge in [-0.1, -0.05) is 17.7 Å². The van der Waals surface area contributed by atoms with Gasteiger partial charge in [-0.15, -0.1) is 0 Å². The van der Waals surface area contributed by atoms with Gasteiger partial charge in [0.15, 0.2) is 0 Å². The summed E-state index contributed by atoms with van der Waals surface area (Å²) < 4.78 is 0. The Hall–Kier alpha value is -2.64. The molecular weight excluding hydrogens is 296 g/mol. The SMILES string of the molecule is O=C(O)C1=CC=C2C(CCC(C(=O)O)C2C(=O)O)C1C(=O)O. The molecule has 0 heterocycles. The number of aliphatic carboxylic acids is 4. The third-order valence-corrected chi connectivity index (χ3v) is 4.27. The van der Waals surface area contributed by atoms with Gasteiger partial charge in [-0.2, -0.15) is 0 Å². The van der Waals surface area contributed by atoms with Gasteiger partial charge in [0.1, 0.15) is 0 Å². The fraction of sp³-hybridized carbons (Fsp3) is 0.429. The Labute approximate surface area is 124 Å². The Bertz CT molecular complexity index is 614. The summed E-state index contributed by atoms with van der Waals surface area (Å²) in [7, 11) is 0. The zero-order valence-corrected chi connectivity index (χ0v) is 11.3. The molecule has 2 aliphatic rings. The second-order valence-corrected chi connectivity index (χ2v) is 5.35. The second-order valence-electron chi connectivity index (χ2n) is 5.35. The molecule has 0 aromatic rings. The van der Waals surface area contributed by atoms with E-state index in [0.717, 1.165) is 6.08 Å². The fourth-order valence-corrected chi connectivity index (χ4v) is 3.34. The molecule has 0 spiro atoms. The summed E-state index contributed by atoms with van der Waals surface area (Å²) in [6.45, 7) is 0. The van der Waals surface area contributed by atoms with Crippen molar-refractivity contribution < 1.29 is 39.6 Å². The van der Waals surface area contributed by atoms with Crippen molar-refractivity contribution in [2.24, 2.45) is 23.7 Å². The minimum absolute atomic E-state index is 0.00894. The summed E-state index contributed by atoms with van der Waals surface area (Å²) in [5.74, 6) is -10.0. The lowest BCUT2D eigenvalue weighted by atomic mass is 9.63. The van der Waals surface area contributed by atoms with Crippen LogP contribution in [0.4, 0.5) is 0 Å². The highest BCUT2D eigenvalue weighted by atomic mass is 16.4. The molecule has 2 rings (SSSR count). The molecule has 0 saturated heterocycles. The largest absolute Gasteiger partial charge is 0.481 e. The summed E-state index contributed by atoms with van der Waals surface area (Å²) >= 11 is 0. The van der Waals surface area contributed by atoms with E-state index in [1.807, 2.05) is 0 Å². The monoisotopic (exact) mass is 310 g/mol. The van der Waals surface area contributed by atoms with Gasteiger partial charge in [-0.05, 0) is 18.8 Å². The van der Waals surface area contributed by atoms with Crippen LogP contribution in [0, 0.1) is 23.7 Å². The standard InChI is InChI=1S/C14H14O8/c15-11(16)7-3-1-5-6(10(7)14(21)22)2-4-8(12(17)18)9(5)13(19)20/h1,3,6,8-10H,2,4H2,(H,15,16)(H,17,18)(H,19,20)(H,21,22). The predicted molar refractivity (Wildman–Crippen MR) is 69.9 cm³/mol. The van der Waals surface area contributed by atoms with Crippen molar-refractivity contribution in [1.82, 2.24) is 0 Å². The molecule has 1 saturated carbocycles. The van der Waals surface area contributed by atoms with Crippen LogP contribution in [0.3, 0.4) is 0 Å². The minimum Gasteiger partial charge on any atom is -0.481 e. The van der Waals surface area contributed by atoms with Gasteiger partial charge in [0.2, 0.25) is 0 Å². The van der Waals surface area contributed by atoms with Crippen molar-refractivity contribution in [3.8, 4) is 0 Å². The molecule has 8 nitrogen and oxygen atoms in total. The van der Waals surface area contributed by atoms with E-state index < -0.39 is 47.5 Å². The van der Waals surface area contributed by atoms with E-state index in [0.29, 0.717) is 0 Å². The van der Waals surface area contributed by atoms with Crippen LogP contribution in [0.25, 0.3) is 0 Å². The summed E-state index contributed by atoms with van der Waals surface area (Å²) in [5.41, 5.74) is -0.150. The van der Waals surface area contributed by atoms with E-state index in [1.54, 1.807) is 0 Å². The highest BCUT2D eigenvalue weighted by molar-refractivity contribution is 5.95. The van der Waals surface area contributed by atoms with Crippen LogP contribution in [-0.4, -0.2) is 44.3 Å². The first-order valence-corrected chi connectivity index (χ1v) is 6.59. The second kappa shape index (κ2) is 5.63. The Morgan fingerprint density at radius 1 is 0.818 bits per heavy atom. The molecule has 0 amide bonds. The lowest BCUT2D eigenvalue weighted by Gasteiger charge is -2.39. The maximum atomic E-state index is 11.4. The minimum atomic E-state index is -1.38. The molecule has 4 unspecified atom stereocenters. The number of carbonyl (C=O) groups is 4. The maximum absolute atomic E-state index is 11.4. The van der Waals surface area contributed by atoms with Gasteiger partial charge in [0.05, 0.1) is 23.3 Å². The van der Waals surface area contributed by atoms with Crippen molar-refractivity contribution in [2.75, 3.05) is 0 Å². The number of carboxylic acids is 4. The zero-order valence-electron chi connectivity index (χ0n) is 11.3. The van der Waals surface area contributed by atoms with Crippen molar-refractivity contribution in [3.05, 3.63) is 23.3 Å². The van der Waals surface area contributed by atoms with Crippen LogP contribution in [0.2, 0.25) is 0 Å². The highest BCUT2D eigenvalue weighted by Crippen LogP contribution is 2.46. The van der Waals surface area contributed by atoms with Gasteiger partial charge in [0.25, 0.3) is 0 Å². The molecule has 0 bridgehead atoms. The average molecular weight is 310 g/mol. The van der Waals surface area contributed by atoms with Crippen LogP contribution in [0.5, 0.6) is 0 Å². The number of carboxylic acid groups (broad SMARTS) is 4. The Kier molecular flexibility index (Phi) is 4.03. The van der Waals surface area contributed by atoms with Crippen LogP contribution in [0.15, 0.2) is 23.3 Å². The average Bonchev–Trinajstić information content (AvgIpc) is 2.43. The van der Waals surface area contributed by atoms with Gasteiger partial charge >= 0.3 is 23.9 Å². The van der Waals surface area contributed by atoms with E-state index in [4.69, 9.17) is 10.2 Å². The number of hydrogen-bond donors (Lipinski definition) is 4. The summed E-state index contributed by atoms with van der Waals surface area (Å²) in [5, 5.41) is 36.8. The van der Waals surface area contributed by atoms with Gasteiger partial charge < -0.3 is 20.4 Å². The fourth-order valence-electron chi connectivity index (χ4n) is 3.34. The summed E-state index contributed by atoms with van der Waals surface area (Å²) in [6.07, 6.45) is 2.42. The summed E-state index contributed by atoms with van der Waals surface area (Å²) in [6, 6.07) is 0. The van der Waals surface area contributed by atoms with E-state index in [9.17, 15) is 29.4 Å². The first kappa shape index (κ1) is 15.7. The van der Waals surface area contributed by atoms with Crippen LogP contribution in [0.1, 0.15) is 12.8 Å². The van der Waals surface area contributed by atoms with E-state index in [-0.39, 0.29) is 24.0 Å².